The Labute approximate surface area is 157 Å². The van der Waals surface area contributed by atoms with Gasteiger partial charge in [0.2, 0.25) is 5.91 Å². The number of amides is 1. The minimum Gasteiger partial charge on any atom is -0.350 e. The van der Waals surface area contributed by atoms with Crippen molar-refractivity contribution in [1.82, 2.24) is 14.2 Å². The lowest BCUT2D eigenvalue weighted by Gasteiger charge is -2.10. The number of rotatable bonds is 6. The molecule has 0 unspecified atom stereocenters. The van der Waals surface area contributed by atoms with Gasteiger partial charge in [-0.2, -0.15) is 13.2 Å². The number of carbonyl (C=O) groups excluding carboxylic acids is 1. The molecule has 0 radical (unpaired) electrons. The average molecular weight is 423 g/mol. The Hall–Kier alpha value is -2.18. The molecule has 0 aliphatic carbocycles. The van der Waals surface area contributed by atoms with Crippen LogP contribution in [0.15, 0.2) is 39.5 Å². The molecule has 0 spiro atoms. The second-order valence-electron chi connectivity index (χ2n) is 5.64. The number of nitrogens with zero attached hydrogens (tertiary/aromatic N) is 2. The molecule has 0 aliphatic heterocycles. The van der Waals surface area contributed by atoms with Gasteiger partial charge in [-0.25, -0.2) is 12.7 Å². The first-order valence-electron chi connectivity index (χ1n) is 7.47. The summed E-state index contributed by atoms with van der Waals surface area (Å²) >= 11 is 0.964. The van der Waals surface area contributed by atoms with Crippen LogP contribution in [0.1, 0.15) is 10.4 Å². The number of alkyl halides is 3. The molecule has 7 nitrogen and oxygen atoms in total. The third-order valence-corrected chi connectivity index (χ3v) is 6.84. The van der Waals surface area contributed by atoms with E-state index in [-0.39, 0.29) is 10.8 Å². The first kappa shape index (κ1) is 21.1. The minimum absolute atomic E-state index is 0.0137. The van der Waals surface area contributed by atoms with E-state index in [2.05, 4.69) is 5.32 Å². The van der Waals surface area contributed by atoms with Crippen LogP contribution >= 0.6 is 11.3 Å². The minimum atomic E-state index is -4.80. The van der Waals surface area contributed by atoms with Crippen molar-refractivity contribution in [3.8, 4) is 0 Å². The number of aromatic nitrogens is 1. The van der Waals surface area contributed by atoms with Crippen LogP contribution < -0.4 is 10.9 Å². The van der Waals surface area contributed by atoms with Gasteiger partial charge in [-0.05, 0) is 24.3 Å². The fourth-order valence-corrected chi connectivity index (χ4v) is 4.51. The van der Waals surface area contributed by atoms with Crippen molar-refractivity contribution in [2.45, 2.75) is 23.5 Å². The lowest BCUT2D eigenvalue weighted by molar-refractivity contribution is -0.139. The van der Waals surface area contributed by atoms with Gasteiger partial charge < -0.3 is 9.88 Å². The van der Waals surface area contributed by atoms with Gasteiger partial charge in [-0.3, -0.25) is 9.59 Å². The molecule has 1 N–H and O–H groups in total. The molecule has 0 aromatic carbocycles. The maximum absolute atomic E-state index is 12.7. The lowest BCUT2D eigenvalue weighted by Crippen LogP contribution is -2.34. The van der Waals surface area contributed by atoms with Gasteiger partial charge >= 0.3 is 6.18 Å². The van der Waals surface area contributed by atoms with E-state index in [1.54, 1.807) is 0 Å². The summed E-state index contributed by atoms with van der Waals surface area (Å²) in [6.07, 6.45) is -3.72. The predicted octanol–water partition coefficient (Wildman–Crippen LogP) is 1.50. The van der Waals surface area contributed by atoms with E-state index in [4.69, 9.17) is 0 Å². The highest BCUT2D eigenvalue weighted by Gasteiger charge is 2.34. The molecular formula is C15H16F3N3O4S2. The Morgan fingerprint density at radius 1 is 1.26 bits per heavy atom. The third kappa shape index (κ3) is 4.96. The smallest absolute Gasteiger partial charge is 0.350 e. The highest BCUT2D eigenvalue weighted by molar-refractivity contribution is 7.91. The van der Waals surface area contributed by atoms with Gasteiger partial charge in [-0.1, -0.05) is 0 Å². The fraction of sp³-hybridized carbons (Fsp3) is 0.333. The molecule has 1 amide bonds. The number of nitrogens with one attached hydrogen (secondary N) is 1. The molecule has 0 atom stereocenters. The number of pyridine rings is 1. The number of sulfonamides is 1. The molecular weight excluding hydrogens is 407 g/mol. The second kappa shape index (κ2) is 7.82. The Morgan fingerprint density at radius 3 is 2.52 bits per heavy atom. The van der Waals surface area contributed by atoms with E-state index in [9.17, 15) is 31.2 Å². The molecule has 0 fully saturated rings. The first-order chi connectivity index (χ1) is 12.4. The molecule has 148 valence electrons. The standard InChI is InChI=1S/C15H16F3N3O4S2/c1-20(2)27(24,25)13-6-5-10(26-13)8-19-12(22)9-21-7-3-4-11(14(21)23)15(16,17)18/h3-7H,8-9H2,1-2H3,(H,19,22). The van der Waals surface area contributed by atoms with Gasteiger partial charge in [0.1, 0.15) is 16.3 Å². The van der Waals surface area contributed by atoms with Crippen molar-refractivity contribution < 1.29 is 26.4 Å². The van der Waals surface area contributed by atoms with Gasteiger partial charge in [-0.15, -0.1) is 11.3 Å². The fourth-order valence-electron chi connectivity index (χ4n) is 2.05. The highest BCUT2D eigenvalue weighted by atomic mass is 32.2. The zero-order chi connectivity index (χ0) is 20.4. The predicted molar refractivity (Wildman–Crippen MR) is 92.7 cm³/mol. The number of hydrogen-bond donors (Lipinski definition) is 1. The Bertz CT molecular complexity index is 994. The molecule has 0 saturated carbocycles. The summed E-state index contributed by atoms with van der Waals surface area (Å²) in [5.74, 6) is -0.679. The molecule has 2 aromatic rings. The Balaban J connectivity index is 2.04. The summed E-state index contributed by atoms with van der Waals surface area (Å²) < 4.78 is 64.0. The SMILES string of the molecule is CN(C)S(=O)(=O)c1ccc(CNC(=O)Cn2cccc(C(F)(F)F)c2=O)s1. The van der Waals surface area contributed by atoms with E-state index in [1.807, 2.05) is 0 Å². The van der Waals surface area contributed by atoms with Crippen molar-refractivity contribution in [3.05, 3.63) is 51.3 Å². The average Bonchev–Trinajstić information content (AvgIpc) is 3.03. The first-order valence-corrected chi connectivity index (χ1v) is 9.73. The topological polar surface area (TPSA) is 88.5 Å². The molecule has 27 heavy (non-hydrogen) atoms. The summed E-state index contributed by atoms with van der Waals surface area (Å²) in [4.78, 5) is 24.3. The van der Waals surface area contributed by atoms with E-state index in [1.165, 1.54) is 26.2 Å². The summed E-state index contributed by atoms with van der Waals surface area (Å²) in [6.45, 7) is -0.600. The maximum Gasteiger partial charge on any atom is 0.421 e. The van der Waals surface area contributed by atoms with Gasteiger partial charge in [0.25, 0.3) is 15.6 Å². The monoisotopic (exact) mass is 423 g/mol. The Morgan fingerprint density at radius 2 is 1.93 bits per heavy atom. The van der Waals surface area contributed by atoms with Crippen LogP contribution in [0.4, 0.5) is 13.2 Å². The van der Waals surface area contributed by atoms with Gasteiger partial charge in [0.05, 0.1) is 6.54 Å². The van der Waals surface area contributed by atoms with Gasteiger partial charge in [0.15, 0.2) is 0 Å². The Kier molecular flexibility index (Phi) is 6.12. The van der Waals surface area contributed by atoms with Crippen molar-refractivity contribution in [2.75, 3.05) is 14.1 Å². The highest BCUT2D eigenvalue weighted by Crippen LogP contribution is 2.26. The van der Waals surface area contributed by atoms with Crippen molar-refractivity contribution in [3.63, 3.8) is 0 Å². The third-order valence-electron chi connectivity index (χ3n) is 3.47. The van der Waals surface area contributed by atoms with E-state index in [0.717, 1.165) is 27.9 Å². The summed E-state index contributed by atoms with van der Waals surface area (Å²) in [5, 5.41) is 2.45. The van der Waals surface area contributed by atoms with E-state index >= 15 is 0 Å². The molecule has 0 bridgehead atoms. The number of halogens is 3. The number of carbonyl (C=O) groups is 1. The van der Waals surface area contributed by atoms with Crippen LogP contribution in [0.2, 0.25) is 0 Å². The quantitative estimate of drug-likeness (QED) is 0.763. The zero-order valence-corrected chi connectivity index (χ0v) is 15.9. The molecule has 12 heteroatoms. The molecule has 0 saturated heterocycles. The maximum atomic E-state index is 12.7. The summed E-state index contributed by atoms with van der Waals surface area (Å²) in [6, 6.07) is 4.61. The number of thiophene rings is 1. The largest absolute Gasteiger partial charge is 0.421 e. The van der Waals surface area contributed by atoms with Crippen LogP contribution in [-0.2, 0) is 34.1 Å². The van der Waals surface area contributed by atoms with Crippen LogP contribution in [0.5, 0.6) is 0 Å². The van der Waals surface area contributed by atoms with Crippen LogP contribution in [0.25, 0.3) is 0 Å². The lowest BCUT2D eigenvalue weighted by atomic mass is 10.2. The molecule has 2 rings (SSSR count). The van der Waals surface area contributed by atoms with Crippen LogP contribution in [0, 0.1) is 0 Å². The molecule has 2 heterocycles. The van der Waals surface area contributed by atoms with Crippen LogP contribution in [-0.4, -0.2) is 37.3 Å². The second-order valence-corrected chi connectivity index (χ2v) is 9.18. The van der Waals surface area contributed by atoms with Crippen molar-refractivity contribution in [2.24, 2.45) is 0 Å². The number of hydrogen-bond acceptors (Lipinski definition) is 5. The van der Waals surface area contributed by atoms with Crippen LogP contribution in [0.3, 0.4) is 0 Å². The van der Waals surface area contributed by atoms with E-state index in [0.29, 0.717) is 15.5 Å². The molecule has 2 aromatic heterocycles. The van der Waals surface area contributed by atoms with Crippen molar-refractivity contribution >= 4 is 27.3 Å². The molecule has 0 aliphatic rings. The zero-order valence-electron chi connectivity index (χ0n) is 14.3. The van der Waals surface area contributed by atoms with Crippen molar-refractivity contribution in [1.29, 1.82) is 0 Å². The normalized spacial score (nSPS) is 12.4. The van der Waals surface area contributed by atoms with E-state index < -0.39 is 39.8 Å². The van der Waals surface area contributed by atoms with Gasteiger partial charge in [0, 0.05) is 25.2 Å². The summed E-state index contributed by atoms with van der Waals surface area (Å²) in [7, 11) is -0.796. The summed E-state index contributed by atoms with van der Waals surface area (Å²) in [5.41, 5.74) is -2.66.